The molecule has 0 radical (unpaired) electrons. The fourth-order valence-corrected chi connectivity index (χ4v) is 0.614. The number of methoxy groups -OCH3 is 1. The molecule has 0 rings (SSSR count). The van der Waals surface area contributed by atoms with Crippen molar-refractivity contribution >= 4 is 5.97 Å². The number of aliphatic hydroxyl groups is 2. The fraction of sp³-hybridized carbons (Fsp3) is 0.833. The van der Waals surface area contributed by atoms with Gasteiger partial charge in [-0.1, -0.05) is 0 Å². The molecule has 5 nitrogen and oxygen atoms in total. The van der Waals surface area contributed by atoms with Crippen molar-refractivity contribution < 1.29 is 24.9 Å². The molecule has 0 saturated carbocycles. The number of hydrogen-bond acceptors (Lipinski definition) is 4. The van der Waals surface area contributed by atoms with Gasteiger partial charge in [-0.05, 0) is 0 Å². The van der Waals surface area contributed by atoms with Crippen LogP contribution in [0.4, 0.5) is 0 Å². The molecular formula is C6H12O5. The Morgan fingerprint density at radius 3 is 2.45 bits per heavy atom. The highest BCUT2D eigenvalue weighted by atomic mass is 16.6. The van der Waals surface area contributed by atoms with Gasteiger partial charge in [0.2, 0.25) is 0 Å². The topological polar surface area (TPSA) is 87.0 Å². The van der Waals surface area contributed by atoms with Crippen LogP contribution in [0, 0.1) is 0 Å². The van der Waals surface area contributed by atoms with Gasteiger partial charge in [0, 0.05) is 13.5 Å². The van der Waals surface area contributed by atoms with Crippen LogP contribution in [-0.2, 0) is 9.53 Å². The number of carboxylic acid groups (broad SMARTS) is 1. The average Bonchev–Trinajstić information content (AvgIpc) is 1.85. The molecule has 0 aliphatic rings. The van der Waals surface area contributed by atoms with Crippen molar-refractivity contribution in [2.75, 3.05) is 7.11 Å². The van der Waals surface area contributed by atoms with E-state index in [-0.39, 0.29) is 12.8 Å². The van der Waals surface area contributed by atoms with E-state index in [2.05, 4.69) is 4.74 Å². The third-order valence-corrected chi connectivity index (χ3v) is 1.16. The van der Waals surface area contributed by atoms with Crippen molar-refractivity contribution in [1.29, 1.82) is 0 Å². The highest BCUT2D eigenvalue weighted by molar-refractivity contribution is 5.67. The van der Waals surface area contributed by atoms with Crippen molar-refractivity contribution in [2.45, 2.75) is 25.2 Å². The predicted molar refractivity (Wildman–Crippen MR) is 35.9 cm³/mol. The molecule has 5 heteroatoms. The Balaban J connectivity index is 3.51. The summed E-state index contributed by atoms with van der Waals surface area (Å²) in [4.78, 5) is 10.00. The molecule has 2 unspecified atom stereocenters. The van der Waals surface area contributed by atoms with E-state index >= 15 is 0 Å². The molecule has 0 bridgehead atoms. The normalized spacial score (nSPS) is 15.9. The Kier molecular flexibility index (Phi) is 4.76. The van der Waals surface area contributed by atoms with Crippen LogP contribution in [0.15, 0.2) is 0 Å². The summed E-state index contributed by atoms with van der Waals surface area (Å²) < 4.78 is 4.41. The smallest absolute Gasteiger partial charge is 0.305 e. The number of rotatable bonds is 5. The Hall–Kier alpha value is -0.650. The van der Waals surface area contributed by atoms with Crippen LogP contribution in [0.1, 0.15) is 12.8 Å². The Bertz CT molecular complexity index is 124. The summed E-state index contributed by atoms with van der Waals surface area (Å²) in [6.45, 7) is 0. The molecule has 0 fully saturated rings. The molecule has 0 aliphatic carbocycles. The minimum Gasteiger partial charge on any atom is -0.481 e. The van der Waals surface area contributed by atoms with Crippen LogP contribution < -0.4 is 0 Å². The van der Waals surface area contributed by atoms with Gasteiger partial charge in [-0.2, -0.15) is 0 Å². The van der Waals surface area contributed by atoms with Crippen LogP contribution in [0.3, 0.4) is 0 Å². The van der Waals surface area contributed by atoms with Crippen LogP contribution in [0.25, 0.3) is 0 Å². The monoisotopic (exact) mass is 164 g/mol. The van der Waals surface area contributed by atoms with Crippen LogP contribution in [0.5, 0.6) is 0 Å². The Morgan fingerprint density at radius 1 is 1.55 bits per heavy atom. The molecule has 0 spiro atoms. The Morgan fingerprint density at radius 2 is 2.09 bits per heavy atom. The van der Waals surface area contributed by atoms with Crippen molar-refractivity contribution in [3.63, 3.8) is 0 Å². The van der Waals surface area contributed by atoms with Crippen molar-refractivity contribution in [1.82, 2.24) is 0 Å². The van der Waals surface area contributed by atoms with E-state index in [9.17, 15) is 4.79 Å². The molecule has 66 valence electrons. The highest BCUT2D eigenvalue weighted by Gasteiger charge is 2.13. The lowest BCUT2D eigenvalue weighted by molar-refractivity contribution is -0.141. The highest BCUT2D eigenvalue weighted by Crippen LogP contribution is 2.02. The lowest BCUT2D eigenvalue weighted by Gasteiger charge is -2.11. The maximum Gasteiger partial charge on any atom is 0.305 e. The predicted octanol–water partition coefficient (Wildman–Crippen LogP) is -0.823. The first-order valence-electron chi connectivity index (χ1n) is 3.17. The fourth-order valence-electron chi connectivity index (χ4n) is 0.614. The average molecular weight is 164 g/mol. The molecular weight excluding hydrogens is 152 g/mol. The number of carboxylic acids is 1. The SMILES string of the molecule is COC(O)CC(O)CC(=O)O. The lowest BCUT2D eigenvalue weighted by atomic mass is 10.2. The third-order valence-electron chi connectivity index (χ3n) is 1.16. The van der Waals surface area contributed by atoms with E-state index in [4.69, 9.17) is 15.3 Å². The zero-order valence-corrected chi connectivity index (χ0v) is 6.23. The maximum atomic E-state index is 10.00. The molecule has 0 amide bonds. The molecule has 0 saturated heterocycles. The van der Waals surface area contributed by atoms with Gasteiger partial charge < -0.3 is 20.1 Å². The largest absolute Gasteiger partial charge is 0.481 e. The minimum absolute atomic E-state index is 0.0806. The summed E-state index contributed by atoms with van der Waals surface area (Å²) >= 11 is 0. The molecule has 0 aromatic carbocycles. The summed E-state index contributed by atoms with van der Waals surface area (Å²) in [5.74, 6) is -1.10. The van der Waals surface area contributed by atoms with Gasteiger partial charge in [0.25, 0.3) is 0 Å². The molecule has 11 heavy (non-hydrogen) atoms. The van der Waals surface area contributed by atoms with Gasteiger partial charge in [0.15, 0.2) is 6.29 Å². The van der Waals surface area contributed by atoms with Crippen molar-refractivity contribution in [3.8, 4) is 0 Å². The van der Waals surface area contributed by atoms with Crippen molar-refractivity contribution in [2.24, 2.45) is 0 Å². The summed E-state index contributed by atoms with van der Waals surface area (Å²) in [6, 6.07) is 0. The van der Waals surface area contributed by atoms with Gasteiger partial charge in [-0.3, -0.25) is 4.79 Å². The van der Waals surface area contributed by atoms with Crippen LogP contribution in [0.2, 0.25) is 0 Å². The van der Waals surface area contributed by atoms with E-state index in [1.165, 1.54) is 7.11 Å². The third kappa shape index (κ3) is 5.78. The molecule has 3 N–H and O–H groups in total. The van der Waals surface area contributed by atoms with Gasteiger partial charge in [0.05, 0.1) is 12.5 Å². The zero-order chi connectivity index (χ0) is 8.85. The number of carbonyl (C=O) groups is 1. The summed E-state index contributed by atoms with van der Waals surface area (Å²) in [5.41, 5.74) is 0. The number of ether oxygens (including phenoxy) is 1. The minimum atomic E-state index is -1.10. The van der Waals surface area contributed by atoms with Gasteiger partial charge >= 0.3 is 5.97 Å². The van der Waals surface area contributed by atoms with Gasteiger partial charge in [-0.25, -0.2) is 0 Å². The molecule has 2 atom stereocenters. The first kappa shape index (κ1) is 10.3. The zero-order valence-electron chi connectivity index (χ0n) is 6.23. The van der Waals surface area contributed by atoms with Crippen LogP contribution >= 0.6 is 0 Å². The van der Waals surface area contributed by atoms with E-state index in [1.54, 1.807) is 0 Å². The molecule has 0 aromatic heterocycles. The van der Waals surface area contributed by atoms with E-state index < -0.39 is 18.4 Å². The standard InChI is InChI=1S/C6H12O5/c1-11-6(10)3-4(7)2-5(8)9/h4,6-7,10H,2-3H2,1H3,(H,8,9). The van der Waals surface area contributed by atoms with Crippen molar-refractivity contribution in [3.05, 3.63) is 0 Å². The number of hydrogen-bond donors (Lipinski definition) is 3. The number of aliphatic hydroxyl groups excluding tert-OH is 2. The second kappa shape index (κ2) is 5.06. The van der Waals surface area contributed by atoms with Gasteiger partial charge in [0.1, 0.15) is 0 Å². The second-order valence-corrected chi connectivity index (χ2v) is 2.18. The van der Waals surface area contributed by atoms with E-state index in [0.29, 0.717) is 0 Å². The lowest BCUT2D eigenvalue weighted by Crippen LogP contribution is -2.21. The molecule has 0 aromatic rings. The first-order chi connectivity index (χ1) is 5.06. The maximum absolute atomic E-state index is 10.00. The summed E-state index contributed by atoms with van der Waals surface area (Å²) in [7, 11) is 1.28. The summed E-state index contributed by atoms with van der Waals surface area (Å²) in [6.07, 6.45) is -2.60. The molecule has 0 aliphatic heterocycles. The van der Waals surface area contributed by atoms with E-state index in [0.717, 1.165) is 0 Å². The Labute approximate surface area is 64.2 Å². The van der Waals surface area contributed by atoms with Crippen LogP contribution in [-0.4, -0.2) is 40.8 Å². The quantitative estimate of drug-likeness (QED) is 0.462. The molecule has 0 heterocycles. The number of aliphatic carboxylic acids is 1. The second-order valence-electron chi connectivity index (χ2n) is 2.18. The first-order valence-corrected chi connectivity index (χ1v) is 3.17. The van der Waals surface area contributed by atoms with E-state index in [1.807, 2.05) is 0 Å². The van der Waals surface area contributed by atoms with Gasteiger partial charge in [-0.15, -0.1) is 0 Å². The summed E-state index contributed by atoms with van der Waals surface area (Å²) in [5, 5.41) is 25.9.